The number of hydrogen-bond acceptors (Lipinski definition) is 1. The summed E-state index contributed by atoms with van der Waals surface area (Å²) in [7, 11) is 0. The van der Waals surface area contributed by atoms with Crippen molar-refractivity contribution in [3.8, 4) is 0 Å². The molecule has 0 amide bonds. The first kappa shape index (κ1) is 11.7. The molecule has 0 saturated carbocycles. The van der Waals surface area contributed by atoms with E-state index in [1.807, 2.05) is 0 Å². The monoisotopic (exact) mass is 239 g/mol. The molecule has 1 aromatic carbocycles. The van der Waals surface area contributed by atoms with E-state index in [1.165, 1.54) is 18.2 Å². The van der Waals surface area contributed by atoms with Gasteiger partial charge in [0, 0.05) is 16.6 Å². The van der Waals surface area contributed by atoms with Crippen molar-refractivity contribution < 1.29 is 8.78 Å². The van der Waals surface area contributed by atoms with E-state index in [2.05, 4.69) is 0 Å². The minimum Gasteiger partial charge on any atom is -0.330 e. The third kappa shape index (κ3) is 2.56. The molecule has 0 bridgehead atoms. The van der Waals surface area contributed by atoms with Gasteiger partial charge in [-0.3, -0.25) is 0 Å². The molecule has 1 atom stereocenters. The van der Waals surface area contributed by atoms with Crippen LogP contribution in [0.2, 0.25) is 10.0 Å². The Balaban J connectivity index is 3.04. The van der Waals surface area contributed by atoms with Crippen LogP contribution in [0.5, 0.6) is 0 Å². The highest BCUT2D eigenvalue weighted by Gasteiger charge is 2.22. The summed E-state index contributed by atoms with van der Waals surface area (Å²) in [6, 6.07) is 4.44. The summed E-state index contributed by atoms with van der Waals surface area (Å²) < 4.78 is 25.0. The summed E-state index contributed by atoms with van der Waals surface area (Å²) in [4.78, 5) is 0. The Labute approximate surface area is 90.8 Å². The van der Waals surface area contributed by atoms with Crippen molar-refractivity contribution in [3.63, 3.8) is 0 Å². The number of alkyl halides is 2. The number of benzene rings is 1. The zero-order chi connectivity index (χ0) is 10.7. The second-order valence-electron chi connectivity index (χ2n) is 2.84. The van der Waals surface area contributed by atoms with Gasteiger partial charge < -0.3 is 5.73 Å². The molecule has 2 N–H and O–H groups in total. The summed E-state index contributed by atoms with van der Waals surface area (Å²) in [5.41, 5.74) is 5.58. The van der Waals surface area contributed by atoms with Crippen LogP contribution in [-0.4, -0.2) is 13.0 Å². The molecule has 0 aromatic heterocycles. The fourth-order valence-corrected chi connectivity index (χ4v) is 1.72. The third-order valence-electron chi connectivity index (χ3n) is 1.92. The van der Waals surface area contributed by atoms with E-state index in [9.17, 15) is 8.78 Å². The maximum Gasteiger partial charge on any atom is 0.246 e. The van der Waals surface area contributed by atoms with E-state index in [-0.39, 0.29) is 11.6 Å². The molecule has 0 aliphatic carbocycles. The molecule has 1 nitrogen and oxygen atoms in total. The predicted molar refractivity (Wildman–Crippen MR) is 54.3 cm³/mol. The summed E-state index contributed by atoms with van der Waals surface area (Å²) in [5, 5.41) is 0.650. The maximum absolute atomic E-state index is 12.5. The van der Waals surface area contributed by atoms with Crippen LogP contribution in [-0.2, 0) is 0 Å². The minimum absolute atomic E-state index is 0.140. The maximum atomic E-state index is 12.5. The fourth-order valence-electron chi connectivity index (χ4n) is 1.17. The molecule has 1 unspecified atom stereocenters. The van der Waals surface area contributed by atoms with Gasteiger partial charge in [-0.05, 0) is 17.7 Å². The number of halogens is 4. The van der Waals surface area contributed by atoms with E-state index in [4.69, 9.17) is 28.9 Å². The molecular formula is C9H9Cl2F2N. The molecular weight excluding hydrogens is 231 g/mol. The fraction of sp³-hybridized carbons (Fsp3) is 0.333. The molecule has 1 aromatic rings. The van der Waals surface area contributed by atoms with Crippen molar-refractivity contribution in [2.75, 3.05) is 6.54 Å². The second-order valence-corrected chi connectivity index (χ2v) is 3.69. The normalized spacial score (nSPS) is 13.3. The molecule has 0 radical (unpaired) electrons. The summed E-state index contributed by atoms with van der Waals surface area (Å²) in [6.45, 7) is -0.140. The standard InChI is InChI=1S/C9H9Cl2F2N/c10-5-1-2-6(8(11)3-5)7(4-14)9(12)13/h1-3,7,9H,4,14H2. The van der Waals surface area contributed by atoms with Gasteiger partial charge >= 0.3 is 0 Å². The lowest BCUT2D eigenvalue weighted by Crippen LogP contribution is -2.19. The highest BCUT2D eigenvalue weighted by atomic mass is 35.5. The molecule has 0 heterocycles. The van der Waals surface area contributed by atoms with Crippen molar-refractivity contribution in [1.29, 1.82) is 0 Å². The largest absolute Gasteiger partial charge is 0.330 e. The SMILES string of the molecule is NCC(c1ccc(Cl)cc1Cl)C(F)F. The lowest BCUT2D eigenvalue weighted by atomic mass is 10.00. The van der Waals surface area contributed by atoms with Gasteiger partial charge in [0.25, 0.3) is 0 Å². The Bertz CT molecular complexity index is 318. The molecule has 1 rings (SSSR count). The van der Waals surface area contributed by atoms with Gasteiger partial charge in [-0.25, -0.2) is 8.78 Å². The molecule has 0 aliphatic heterocycles. The molecule has 0 aliphatic rings. The smallest absolute Gasteiger partial charge is 0.246 e. The van der Waals surface area contributed by atoms with Gasteiger partial charge in [0.2, 0.25) is 6.43 Å². The lowest BCUT2D eigenvalue weighted by molar-refractivity contribution is 0.117. The quantitative estimate of drug-likeness (QED) is 0.861. The van der Waals surface area contributed by atoms with Gasteiger partial charge in [-0.1, -0.05) is 29.3 Å². The Hall–Kier alpha value is -0.380. The van der Waals surface area contributed by atoms with E-state index < -0.39 is 12.3 Å². The van der Waals surface area contributed by atoms with Crippen LogP contribution in [0.4, 0.5) is 8.78 Å². The molecule has 0 fully saturated rings. The van der Waals surface area contributed by atoms with Gasteiger partial charge in [-0.2, -0.15) is 0 Å². The molecule has 5 heteroatoms. The zero-order valence-electron chi connectivity index (χ0n) is 7.18. The van der Waals surface area contributed by atoms with Crippen LogP contribution >= 0.6 is 23.2 Å². The Morgan fingerprint density at radius 2 is 1.93 bits per heavy atom. The van der Waals surface area contributed by atoms with Crippen molar-refractivity contribution >= 4 is 23.2 Å². The molecule has 0 spiro atoms. The van der Waals surface area contributed by atoms with Crippen LogP contribution in [0.1, 0.15) is 11.5 Å². The molecule has 0 saturated heterocycles. The van der Waals surface area contributed by atoms with Crippen LogP contribution in [0, 0.1) is 0 Å². The first-order valence-corrected chi connectivity index (χ1v) is 4.75. The van der Waals surface area contributed by atoms with Crippen molar-refractivity contribution in [1.82, 2.24) is 0 Å². The average Bonchev–Trinajstić information content (AvgIpc) is 2.09. The first-order chi connectivity index (χ1) is 6.56. The lowest BCUT2D eigenvalue weighted by Gasteiger charge is -2.15. The van der Waals surface area contributed by atoms with E-state index in [0.29, 0.717) is 10.6 Å². The van der Waals surface area contributed by atoms with Crippen LogP contribution in [0.25, 0.3) is 0 Å². The highest BCUT2D eigenvalue weighted by Crippen LogP contribution is 2.30. The number of rotatable bonds is 3. The van der Waals surface area contributed by atoms with E-state index >= 15 is 0 Å². The van der Waals surface area contributed by atoms with Crippen molar-refractivity contribution in [3.05, 3.63) is 33.8 Å². The van der Waals surface area contributed by atoms with Gasteiger partial charge in [-0.15, -0.1) is 0 Å². The van der Waals surface area contributed by atoms with E-state index in [0.717, 1.165) is 0 Å². The minimum atomic E-state index is -2.52. The average molecular weight is 240 g/mol. The van der Waals surface area contributed by atoms with E-state index in [1.54, 1.807) is 0 Å². The van der Waals surface area contributed by atoms with Gasteiger partial charge in [0.15, 0.2) is 0 Å². The summed E-state index contributed by atoms with van der Waals surface area (Å²) >= 11 is 11.4. The second kappa shape index (κ2) is 4.91. The predicted octanol–water partition coefficient (Wildman–Crippen LogP) is 3.30. The number of hydrogen-bond donors (Lipinski definition) is 1. The number of nitrogens with two attached hydrogens (primary N) is 1. The molecule has 14 heavy (non-hydrogen) atoms. The topological polar surface area (TPSA) is 26.0 Å². The summed E-state index contributed by atoms with van der Waals surface area (Å²) in [6.07, 6.45) is -2.52. The molecule has 78 valence electrons. The summed E-state index contributed by atoms with van der Waals surface area (Å²) in [5.74, 6) is -1.03. The van der Waals surface area contributed by atoms with Crippen LogP contribution in [0.3, 0.4) is 0 Å². The zero-order valence-corrected chi connectivity index (χ0v) is 8.69. The Morgan fingerprint density at radius 1 is 1.29 bits per heavy atom. The first-order valence-electron chi connectivity index (χ1n) is 3.99. The Kier molecular flexibility index (Phi) is 4.11. The van der Waals surface area contributed by atoms with Crippen molar-refractivity contribution in [2.24, 2.45) is 5.73 Å². The van der Waals surface area contributed by atoms with Crippen LogP contribution in [0.15, 0.2) is 18.2 Å². The van der Waals surface area contributed by atoms with Gasteiger partial charge in [0.1, 0.15) is 0 Å². The van der Waals surface area contributed by atoms with Crippen LogP contribution < -0.4 is 5.73 Å². The van der Waals surface area contributed by atoms with Gasteiger partial charge in [0.05, 0.1) is 5.92 Å². The third-order valence-corrected chi connectivity index (χ3v) is 2.48. The highest BCUT2D eigenvalue weighted by molar-refractivity contribution is 6.35. The Morgan fingerprint density at radius 3 is 2.36 bits per heavy atom. The van der Waals surface area contributed by atoms with Crippen molar-refractivity contribution in [2.45, 2.75) is 12.3 Å².